The summed E-state index contributed by atoms with van der Waals surface area (Å²) in [6.07, 6.45) is 4.01. The van der Waals surface area contributed by atoms with Gasteiger partial charge < -0.3 is 5.11 Å². The fourth-order valence-corrected chi connectivity index (χ4v) is 3.42. The zero-order chi connectivity index (χ0) is 15.0. The molecule has 1 aliphatic carbocycles. The Morgan fingerprint density at radius 2 is 1.43 bits per heavy atom. The van der Waals surface area contributed by atoms with Crippen molar-refractivity contribution in [1.82, 2.24) is 4.90 Å². The van der Waals surface area contributed by atoms with Crippen LogP contribution in [0.2, 0.25) is 0 Å². The number of carbonyl (C=O) groups is 3. The van der Waals surface area contributed by atoms with Crippen molar-refractivity contribution in [3.8, 4) is 0 Å². The van der Waals surface area contributed by atoms with Gasteiger partial charge in [-0.15, -0.1) is 0 Å². The standard InChI is InChI=1S/C16H17NO4/c18-13-11-7-3-4-8-12(11)14(19)17(13)16(15(20)21)9-5-1-2-6-10-16/h3-4,7-8H,1-2,5-6,9-10H2,(H,20,21). The fourth-order valence-electron chi connectivity index (χ4n) is 3.42. The predicted molar refractivity (Wildman–Crippen MR) is 75.0 cm³/mol. The number of hydrogen-bond donors (Lipinski definition) is 1. The van der Waals surface area contributed by atoms with Crippen LogP contribution in [0.4, 0.5) is 0 Å². The molecule has 1 aromatic rings. The lowest BCUT2D eigenvalue weighted by molar-refractivity contribution is -0.149. The van der Waals surface area contributed by atoms with Gasteiger partial charge >= 0.3 is 5.97 Å². The van der Waals surface area contributed by atoms with E-state index in [9.17, 15) is 19.5 Å². The number of nitrogens with zero attached hydrogens (tertiary/aromatic N) is 1. The summed E-state index contributed by atoms with van der Waals surface area (Å²) >= 11 is 0. The van der Waals surface area contributed by atoms with E-state index in [1.165, 1.54) is 0 Å². The molecule has 0 spiro atoms. The monoisotopic (exact) mass is 287 g/mol. The number of hydrogen-bond acceptors (Lipinski definition) is 3. The van der Waals surface area contributed by atoms with Crippen molar-refractivity contribution in [3.63, 3.8) is 0 Å². The zero-order valence-electron chi connectivity index (χ0n) is 11.7. The van der Waals surface area contributed by atoms with Crippen LogP contribution in [0.3, 0.4) is 0 Å². The first-order valence-electron chi connectivity index (χ1n) is 7.29. The normalized spacial score (nSPS) is 21.0. The number of carboxylic acid groups (broad SMARTS) is 1. The summed E-state index contributed by atoms with van der Waals surface area (Å²) in [5.41, 5.74) is -0.760. The number of carbonyl (C=O) groups excluding carboxylic acids is 2. The summed E-state index contributed by atoms with van der Waals surface area (Å²) in [7, 11) is 0. The van der Waals surface area contributed by atoms with Gasteiger partial charge in [0.05, 0.1) is 11.1 Å². The quantitative estimate of drug-likeness (QED) is 0.669. The fraction of sp³-hybridized carbons (Fsp3) is 0.438. The highest BCUT2D eigenvalue weighted by atomic mass is 16.4. The summed E-state index contributed by atoms with van der Waals surface area (Å²) in [5, 5.41) is 9.74. The van der Waals surface area contributed by atoms with Crippen LogP contribution in [0.5, 0.6) is 0 Å². The van der Waals surface area contributed by atoms with E-state index in [1.807, 2.05) is 0 Å². The molecule has 110 valence electrons. The number of amides is 2. The van der Waals surface area contributed by atoms with E-state index < -0.39 is 23.3 Å². The Hall–Kier alpha value is -2.17. The van der Waals surface area contributed by atoms with Gasteiger partial charge in [0.25, 0.3) is 11.8 Å². The summed E-state index contributed by atoms with van der Waals surface area (Å²) in [6, 6.07) is 6.55. The van der Waals surface area contributed by atoms with Gasteiger partial charge in [-0.25, -0.2) is 4.79 Å². The van der Waals surface area contributed by atoms with E-state index in [2.05, 4.69) is 0 Å². The molecule has 1 aromatic carbocycles. The van der Waals surface area contributed by atoms with E-state index in [1.54, 1.807) is 24.3 Å². The Bertz CT molecular complexity index is 579. The summed E-state index contributed by atoms with van der Waals surface area (Å²) in [5.74, 6) is -2.02. The summed E-state index contributed by atoms with van der Waals surface area (Å²) < 4.78 is 0. The molecule has 5 nitrogen and oxygen atoms in total. The molecule has 0 aromatic heterocycles. The molecule has 0 bridgehead atoms. The Kier molecular flexibility index (Phi) is 3.27. The first-order chi connectivity index (χ1) is 10.1. The highest BCUT2D eigenvalue weighted by Gasteiger charge is 2.53. The van der Waals surface area contributed by atoms with Crippen LogP contribution in [0.15, 0.2) is 24.3 Å². The molecule has 1 aliphatic heterocycles. The molecule has 5 heteroatoms. The number of carboxylic acids is 1. The SMILES string of the molecule is O=C1c2ccccc2C(=O)N1C1(C(=O)O)CCCCCC1. The minimum absolute atomic E-state index is 0.312. The highest BCUT2D eigenvalue weighted by molar-refractivity contribution is 6.23. The van der Waals surface area contributed by atoms with Crippen molar-refractivity contribution >= 4 is 17.8 Å². The molecule has 1 saturated carbocycles. The molecule has 21 heavy (non-hydrogen) atoms. The molecular formula is C16H17NO4. The van der Waals surface area contributed by atoms with Crippen LogP contribution in [-0.2, 0) is 4.79 Å². The van der Waals surface area contributed by atoms with Crippen molar-refractivity contribution in [2.45, 2.75) is 44.1 Å². The molecule has 0 saturated heterocycles. The zero-order valence-corrected chi connectivity index (χ0v) is 11.7. The minimum atomic E-state index is -1.39. The molecule has 0 unspecified atom stereocenters. The van der Waals surface area contributed by atoms with Crippen LogP contribution in [-0.4, -0.2) is 33.3 Å². The average Bonchev–Trinajstić information content (AvgIpc) is 2.67. The number of fused-ring (bicyclic) bond motifs is 1. The Morgan fingerprint density at radius 1 is 0.952 bits per heavy atom. The Balaban J connectivity index is 2.08. The molecule has 1 fully saturated rings. The third-order valence-corrected chi connectivity index (χ3v) is 4.55. The highest BCUT2D eigenvalue weighted by Crippen LogP contribution is 2.38. The predicted octanol–water partition coefficient (Wildman–Crippen LogP) is 2.46. The van der Waals surface area contributed by atoms with Gasteiger partial charge in [-0.2, -0.15) is 0 Å². The van der Waals surface area contributed by atoms with Crippen molar-refractivity contribution in [2.75, 3.05) is 0 Å². The Labute approximate surface area is 122 Å². The number of benzene rings is 1. The van der Waals surface area contributed by atoms with E-state index in [4.69, 9.17) is 0 Å². The molecule has 1 heterocycles. The van der Waals surface area contributed by atoms with Crippen LogP contribution in [0.1, 0.15) is 59.2 Å². The van der Waals surface area contributed by atoms with Gasteiger partial charge in [0.15, 0.2) is 0 Å². The molecule has 3 rings (SSSR count). The molecule has 0 atom stereocenters. The maximum Gasteiger partial charge on any atom is 0.330 e. The molecular weight excluding hydrogens is 270 g/mol. The topological polar surface area (TPSA) is 74.7 Å². The second-order valence-corrected chi connectivity index (χ2v) is 5.74. The van der Waals surface area contributed by atoms with Crippen LogP contribution < -0.4 is 0 Å². The van der Waals surface area contributed by atoms with E-state index in [0.29, 0.717) is 24.0 Å². The number of aliphatic carboxylic acids is 1. The smallest absolute Gasteiger partial charge is 0.330 e. The second kappa shape index (κ2) is 4.98. The van der Waals surface area contributed by atoms with Crippen molar-refractivity contribution in [2.24, 2.45) is 0 Å². The van der Waals surface area contributed by atoms with Gasteiger partial charge in [0, 0.05) is 0 Å². The molecule has 0 radical (unpaired) electrons. The molecule has 1 N–H and O–H groups in total. The lowest BCUT2D eigenvalue weighted by Gasteiger charge is -2.36. The maximum absolute atomic E-state index is 12.6. The van der Waals surface area contributed by atoms with Gasteiger partial charge in [0.2, 0.25) is 0 Å². The van der Waals surface area contributed by atoms with Gasteiger partial charge in [-0.05, 0) is 25.0 Å². The molecule has 2 amide bonds. The lowest BCUT2D eigenvalue weighted by Crippen LogP contribution is -2.56. The first-order valence-corrected chi connectivity index (χ1v) is 7.29. The van der Waals surface area contributed by atoms with E-state index >= 15 is 0 Å². The second-order valence-electron chi connectivity index (χ2n) is 5.74. The van der Waals surface area contributed by atoms with E-state index in [0.717, 1.165) is 30.6 Å². The van der Waals surface area contributed by atoms with Crippen molar-refractivity contribution in [1.29, 1.82) is 0 Å². The van der Waals surface area contributed by atoms with Crippen LogP contribution in [0, 0.1) is 0 Å². The third-order valence-electron chi connectivity index (χ3n) is 4.55. The lowest BCUT2D eigenvalue weighted by atomic mass is 9.88. The number of rotatable bonds is 2. The third kappa shape index (κ3) is 1.95. The summed E-state index contributed by atoms with van der Waals surface area (Å²) in [6.45, 7) is 0. The minimum Gasteiger partial charge on any atom is -0.479 e. The first kappa shape index (κ1) is 13.8. The van der Waals surface area contributed by atoms with Crippen molar-refractivity contribution in [3.05, 3.63) is 35.4 Å². The maximum atomic E-state index is 12.6. The molecule has 2 aliphatic rings. The largest absolute Gasteiger partial charge is 0.479 e. The Morgan fingerprint density at radius 3 is 1.86 bits per heavy atom. The van der Waals surface area contributed by atoms with Gasteiger partial charge in [-0.1, -0.05) is 37.8 Å². The van der Waals surface area contributed by atoms with E-state index in [-0.39, 0.29) is 0 Å². The van der Waals surface area contributed by atoms with Gasteiger partial charge in [-0.3, -0.25) is 14.5 Å². The summed E-state index contributed by atoms with van der Waals surface area (Å²) in [4.78, 5) is 38.1. The van der Waals surface area contributed by atoms with Crippen LogP contribution in [0.25, 0.3) is 0 Å². The van der Waals surface area contributed by atoms with Gasteiger partial charge in [0.1, 0.15) is 5.54 Å². The van der Waals surface area contributed by atoms with Crippen LogP contribution >= 0.6 is 0 Å². The number of imide groups is 1. The van der Waals surface area contributed by atoms with Crippen molar-refractivity contribution < 1.29 is 19.5 Å². The average molecular weight is 287 g/mol.